The van der Waals surface area contributed by atoms with Gasteiger partial charge in [0, 0.05) is 13.2 Å². The molecule has 0 amide bonds. The van der Waals surface area contributed by atoms with Crippen molar-refractivity contribution in [3.8, 4) is 0 Å². The number of nitrogens with one attached hydrogen (secondary N) is 1. The molecule has 0 heterocycles. The van der Waals surface area contributed by atoms with Crippen molar-refractivity contribution in [3.63, 3.8) is 0 Å². The molecule has 2 rings (SSSR count). The number of aliphatic hydroxyl groups is 1. The summed E-state index contributed by atoms with van der Waals surface area (Å²) < 4.78 is 27.4. The second kappa shape index (κ2) is 6.90. The topological polar surface area (TPSA) is 66.4 Å². The predicted molar refractivity (Wildman–Crippen MR) is 83.6 cm³/mol. The molecule has 0 radical (unpaired) electrons. The van der Waals surface area contributed by atoms with Gasteiger partial charge in [-0.25, -0.2) is 13.1 Å². The van der Waals surface area contributed by atoms with E-state index in [9.17, 15) is 8.42 Å². The Morgan fingerprint density at radius 3 is 2.33 bits per heavy atom. The molecule has 0 aromatic heterocycles. The van der Waals surface area contributed by atoms with Crippen LogP contribution in [0, 0.1) is 5.41 Å². The van der Waals surface area contributed by atoms with Crippen LogP contribution in [0.4, 0.5) is 0 Å². The molecule has 118 valence electrons. The zero-order valence-corrected chi connectivity index (χ0v) is 13.5. The summed E-state index contributed by atoms with van der Waals surface area (Å²) in [6.07, 6.45) is 6.36. The van der Waals surface area contributed by atoms with Crippen LogP contribution < -0.4 is 4.72 Å². The molecule has 0 saturated heterocycles. The Bertz CT molecular complexity index is 545. The molecule has 2 N–H and O–H groups in total. The summed E-state index contributed by atoms with van der Waals surface area (Å²) in [5.74, 6) is 0. The van der Waals surface area contributed by atoms with Crippen LogP contribution in [-0.2, 0) is 16.4 Å². The van der Waals surface area contributed by atoms with Crippen molar-refractivity contribution < 1.29 is 13.5 Å². The second-order valence-electron chi connectivity index (χ2n) is 6.31. The van der Waals surface area contributed by atoms with E-state index in [0.717, 1.165) is 18.4 Å². The Labute approximate surface area is 127 Å². The minimum absolute atomic E-state index is 0.0721. The van der Waals surface area contributed by atoms with Crippen LogP contribution in [0.5, 0.6) is 0 Å². The summed E-state index contributed by atoms with van der Waals surface area (Å²) in [4.78, 5) is 0.295. The molecule has 1 saturated carbocycles. The largest absolute Gasteiger partial charge is 0.396 e. The maximum atomic E-state index is 12.3. The number of hydrogen-bond acceptors (Lipinski definition) is 3. The maximum absolute atomic E-state index is 12.3. The molecule has 5 heteroatoms. The van der Waals surface area contributed by atoms with Gasteiger partial charge in [-0.15, -0.1) is 0 Å². The van der Waals surface area contributed by atoms with Crippen LogP contribution in [0.15, 0.2) is 29.2 Å². The van der Waals surface area contributed by atoms with Gasteiger partial charge in [0.05, 0.1) is 4.90 Å². The van der Waals surface area contributed by atoms with E-state index in [1.165, 1.54) is 19.3 Å². The fourth-order valence-electron chi connectivity index (χ4n) is 2.90. The first-order valence-electron chi connectivity index (χ1n) is 7.65. The van der Waals surface area contributed by atoms with Gasteiger partial charge in [-0.3, -0.25) is 0 Å². The average Bonchev–Trinajstić information content (AvgIpc) is 2.47. The molecule has 0 atom stereocenters. The van der Waals surface area contributed by atoms with E-state index in [1.807, 2.05) is 0 Å². The molecule has 0 bridgehead atoms. The number of hydrogen-bond donors (Lipinski definition) is 2. The third-order valence-electron chi connectivity index (χ3n) is 4.38. The van der Waals surface area contributed by atoms with E-state index in [-0.39, 0.29) is 12.0 Å². The first-order valence-corrected chi connectivity index (χ1v) is 9.13. The number of aliphatic hydroxyl groups excluding tert-OH is 1. The van der Waals surface area contributed by atoms with Crippen LogP contribution in [0.3, 0.4) is 0 Å². The molecule has 1 aromatic carbocycles. The lowest BCUT2D eigenvalue weighted by Gasteiger charge is -2.33. The van der Waals surface area contributed by atoms with Gasteiger partial charge < -0.3 is 5.11 Å². The molecule has 4 nitrogen and oxygen atoms in total. The highest BCUT2D eigenvalue weighted by Crippen LogP contribution is 2.35. The summed E-state index contributed by atoms with van der Waals surface area (Å²) in [7, 11) is -3.44. The Morgan fingerprint density at radius 1 is 1.14 bits per heavy atom. The molecule has 1 aromatic rings. The first-order chi connectivity index (χ1) is 9.95. The van der Waals surface area contributed by atoms with Crippen LogP contribution in [0.1, 0.15) is 44.6 Å². The summed E-state index contributed by atoms with van der Waals surface area (Å²) in [6.45, 7) is 2.75. The van der Waals surface area contributed by atoms with E-state index in [4.69, 9.17) is 5.11 Å². The van der Waals surface area contributed by atoms with Crippen LogP contribution in [-0.4, -0.2) is 26.7 Å². The van der Waals surface area contributed by atoms with Gasteiger partial charge in [0.25, 0.3) is 0 Å². The van der Waals surface area contributed by atoms with Gasteiger partial charge in [0.2, 0.25) is 10.0 Å². The zero-order valence-electron chi connectivity index (χ0n) is 12.6. The molecule has 21 heavy (non-hydrogen) atoms. The highest BCUT2D eigenvalue weighted by molar-refractivity contribution is 7.89. The number of benzene rings is 1. The molecule has 0 aliphatic heterocycles. The van der Waals surface area contributed by atoms with Gasteiger partial charge in [-0.2, -0.15) is 0 Å². The molecular weight excluding hydrogens is 286 g/mol. The van der Waals surface area contributed by atoms with Crippen molar-refractivity contribution in [2.24, 2.45) is 5.41 Å². The number of sulfonamides is 1. The fourth-order valence-corrected chi connectivity index (χ4v) is 4.10. The minimum Gasteiger partial charge on any atom is -0.396 e. The average molecular weight is 311 g/mol. The van der Waals surface area contributed by atoms with E-state index < -0.39 is 10.0 Å². The second-order valence-corrected chi connectivity index (χ2v) is 8.08. The number of rotatable bonds is 6. The third-order valence-corrected chi connectivity index (χ3v) is 5.80. The Kier molecular flexibility index (Phi) is 5.41. The van der Waals surface area contributed by atoms with Crippen LogP contribution >= 0.6 is 0 Å². The minimum atomic E-state index is -3.44. The van der Waals surface area contributed by atoms with Gasteiger partial charge in [-0.1, -0.05) is 38.3 Å². The first kappa shape index (κ1) is 16.5. The van der Waals surface area contributed by atoms with Gasteiger partial charge >= 0.3 is 0 Å². The molecule has 0 unspecified atom stereocenters. The normalized spacial score (nSPS) is 18.6. The summed E-state index contributed by atoms with van der Waals surface area (Å²) in [6, 6.07) is 6.73. The lowest BCUT2D eigenvalue weighted by atomic mass is 9.76. The van der Waals surface area contributed by atoms with E-state index in [2.05, 4.69) is 11.6 Å². The van der Waals surface area contributed by atoms with E-state index in [0.29, 0.717) is 17.9 Å². The van der Waals surface area contributed by atoms with Crippen molar-refractivity contribution in [1.29, 1.82) is 0 Å². The highest BCUT2D eigenvalue weighted by Gasteiger charge is 2.28. The van der Waals surface area contributed by atoms with Crippen molar-refractivity contribution in [3.05, 3.63) is 29.8 Å². The monoisotopic (exact) mass is 311 g/mol. The third kappa shape index (κ3) is 4.53. The van der Waals surface area contributed by atoms with Gasteiger partial charge in [-0.05, 0) is 42.4 Å². The lowest BCUT2D eigenvalue weighted by Crippen LogP contribution is -2.37. The fraction of sp³-hybridized carbons (Fsp3) is 0.625. The SMILES string of the molecule is CC1(CNS(=O)(=O)c2ccc(CCO)cc2)CCCCC1. The van der Waals surface area contributed by atoms with E-state index in [1.54, 1.807) is 24.3 Å². The van der Waals surface area contributed by atoms with E-state index >= 15 is 0 Å². The molecule has 0 spiro atoms. The Hall–Kier alpha value is -0.910. The smallest absolute Gasteiger partial charge is 0.240 e. The molecule has 1 aliphatic rings. The summed E-state index contributed by atoms with van der Waals surface area (Å²) in [5.41, 5.74) is 1.03. The van der Waals surface area contributed by atoms with Crippen molar-refractivity contribution >= 4 is 10.0 Å². The summed E-state index contributed by atoms with van der Waals surface area (Å²) in [5, 5.41) is 8.88. The Balaban J connectivity index is 2.00. The van der Waals surface area contributed by atoms with Crippen LogP contribution in [0.2, 0.25) is 0 Å². The summed E-state index contributed by atoms with van der Waals surface area (Å²) >= 11 is 0. The molecular formula is C16H25NO3S. The van der Waals surface area contributed by atoms with Crippen molar-refractivity contribution in [2.75, 3.05) is 13.2 Å². The quantitative estimate of drug-likeness (QED) is 0.848. The van der Waals surface area contributed by atoms with Crippen LogP contribution in [0.25, 0.3) is 0 Å². The highest BCUT2D eigenvalue weighted by atomic mass is 32.2. The predicted octanol–water partition coefficient (Wildman–Crippen LogP) is 2.47. The van der Waals surface area contributed by atoms with Crippen molar-refractivity contribution in [1.82, 2.24) is 4.72 Å². The molecule has 1 aliphatic carbocycles. The van der Waals surface area contributed by atoms with Crippen molar-refractivity contribution in [2.45, 2.75) is 50.3 Å². The maximum Gasteiger partial charge on any atom is 0.240 e. The zero-order chi connectivity index (χ0) is 15.3. The standard InChI is InChI=1S/C16H25NO3S/c1-16(10-3-2-4-11-16)13-17-21(19,20)15-7-5-14(6-8-15)9-12-18/h5-8,17-18H,2-4,9-13H2,1H3. The van der Waals surface area contributed by atoms with Gasteiger partial charge in [0.1, 0.15) is 0 Å². The van der Waals surface area contributed by atoms with Gasteiger partial charge in [0.15, 0.2) is 0 Å². The Morgan fingerprint density at radius 2 is 1.76 bits per heavy atom. The molecule has 1 fully saturated rings. The lowest BCUT2D eigenvalue weighted by molar-refractivity contribution is 0.219.